The molecule has 0 radical (unpaired) electrons. The molecule has 0 saturated carbocycles. The van der Waals surface area contributed by atoms with E-state index in [1.165, 1.54) is 0 Å². The Morgan fingerprint density at radius 1 is 1.50 bits per heavy atom. The van der Waals surface area contributed by atoms with E-state index in [9.17, 15) is 4.79 Å². The molecule has 0 aromatic carbocycles. The Hall–Kier alpha value is -1.88. The first-order valence-electron chi connectivity index (χ1n) is 6.08. The fraction of sp³-hybridized carbons (Fsp3) is 0.385. The molecule has 3 rings (SSSR count). The lowest BCUT2D eigenvalue weighted by Gasteiger charge is -2.30. The van der Waals surface area contributed by atoms with Gasteiger partial charge in [-0.2, -0.15) is 0 Å². The molecule has 0 aliphatic carbocycles. The van der Waals surface area contributed by atoms with Gasteiger partial charge >= 0.3 is 0 Å². The van der Waals surface area contributed by atoms with Gasteiger partial charge in [0, 0.05) is 25.5 Å². The summed E-state index contributed by atoms with van der Waals surface area (Å²) in [7, 11) is 0. The molecular weight excluding hydrogens is 230 g/mol. The number of ether oxygens (including phenoxy) is 1. The number of amides is 1. The first-order valence-corrected chi connectivity index (χ1v) is 6.08. The minimum Gasteiger partial charge on any atom is -0.375 e. The molecule has 2 aromatic rings. The summed E-state index contributed by atoms with van der Waals surface area (Å²) in [4.78, 5) is 18.5. The molecule has 1 aliphatic rings. The molecule has 0 bridgehead atoms. The highest BCUT2D eigenvalue weighted by Crippen LogP contribution is 2.11. The third kappa shape index (κ3) is 1.97. The van der Waals surface area contributed by atoms with E-state index < -0.39 is 0 Å². The standard InChI is InChI=1S/C13H15N3O2/c1-10-8-16(6-7-18-10)13(17)11-9-15-5-3-2-4-12(15)14-11/h2-5,9-10H,6-8H2,1H3. The third-order valence-corrected chi connectivity index (χ3v) is 3.11. The van der Waals surface area contributed by atoms with Crippen LogP contribution >= 0.6 is 0 Å². The number of aromatic nitrogens is 2. The van der Waals surface area contributed by atoms with Crippen LogP contribution in [0.1, 0.15) is 17.4 Å². The summed E-state index contributed by atoms with van der Waals surface area (Å²) in [5, 5.41) is 0. The second-order valence-electron chi connectivity index (χ2n) is 4.52. The highest BCUT2D eigenvalue weighted by atomic mass is 16.5. The molecule has 18 heavy (non-hydrogen) atoms. The topological polar surface area (TPSA) is 46.8 Å². The molecule has 3 heterocycles. The quantitative estimate of drug-likeness (QED) is 0.758. The Morgan fingerprint density at radius 3 is 3.17 bits per heavy atom. The number of hydrogen-bond donors (Lipinski definition) is 0. The normalized spacial score (nSPS) is 20.3. The number of carbonyl (C=O) groups is 1. The molecule has 1 fully saturated rings. The molecule has 1 unspecified atom stereocenters. The molecule has 0 spiro atoms. The largest absolute Gasteiger partial charge is 0.375 e. The molecule has 1 atom stereocenters. The zero-order chi connectivity index (χ0) is 12.5. The summed E-state index contributed by atoms with van der Waals surface area (Å²) in [6.45, 7) is 3.84. The maximum Gasteiger partial charge on any atom is 0.274 e. The highest BCUT2D eigenvalue weighted by Gasteiger charge is 2.24. The van der Waals surface area contributed by atoms with E-state index >= 15 is 0 Å². The molecule has 1 amide bonds. The van der Waals surface area contributed by atoms with Gasteiger partial charge in [0.1, 0.15) is 11.3 Å². The summed E-state index contributed by atoms with van der Waals surface area (Å²) in [5.41, 5.74) is 1.29. The molecule has 5 heteroatoms. The van der Waals surface area contributed by atoms with Crippen molar-refractivity contribution in [1.82, 2.24) is 14.3 Å². The van der Waals surface area contributed by atoms with E-state index in [0.29, 0.717) is 25.4 Å². The van der Waals surface area contributed by atoms with Crippen molar-refractivity contribution < 1.29 is 9.53 Å². The SMILES string of the molecule is CC1CN(C(=O)c2cn3ccccc3n2)CCO1. The fourth-order valence-corrected chi connectivity index (χ4v) is 2.20. The van der Waals surface area contributed by atoms with E-state index in [2.05, 4.69) is 4.98 Å². The number of rotatable bonds is 1. The minimum atomic E-state index is -0.0196. The third-order valence-electron chi connectivity index (χ3n) is 3.11. The van der Waals surface area contributed by atoms with Crippen LogP contribution in [0.5, 0.6) is 0 Å². The van der Waals surface area contributed by atoms with Gasteiger partial charge in [0.2, 0.25) is 0 Å². The smallest absolute Gasteiger partial charge is 0.274 e. The van der Waals surface area contributed by atoms with E-state index in [1.807, 2.05) is 35.7 Å². The van der Waals surface area contributed by atoms with E-state index in [0.717, 1.165) is 5.65 Å². The summed E-state index contributed by atoms with van der Waals surface area (Å²) in [6.07, 6.45) is 3.76. The van der Waals surface area contributed by atoms with Crippen LogP contribution in [0, 0.1) is 0 Å². The van der Waals surface area contributed by atoms with Crippen molar-refractivity contribution in [3.8, 4) is 0 Å². The number of imidazole rings is 1. The van der Waals surface area contributed by atoms with Gasteiger partial charge in [-0.25, -0.2) is 4.98 Å². The van der Waals surface area contributed by atoms with E-state index in [-0.39, 0.29) is 12.0 Å². The molecule has 94 valence electrons. The Kier molecular flexibility index (Phi) is 2.76. The zero-order valence-electron chi connectivity index (χ0n) is 10.2. The molecule has 1 saturated heterocycles. The van der Waals surface area contributed by atoms with Crippen molar-refractivity contribution in [2.24, 2.45) is 0 Å². The van der Waals surface area contributed by atoms with Crippen LogP contribution in [-0.2, 0) is 4.74 Å². The van der Waals surface area contributed by atoms with Gasteiger partial charge in [-0.1, -0.05) is 6.07 Å². The molecule has 0 N–H and O–H groups in total. The van der Waals surface area contributed by atoms with E-state index in [4.69, 9.17) is 4.74 Å². The van der Waals surface area contributed by atoms with Crippen LogP contribution in [0.15, 0.2) is 30.6 Å². The second-order valence-corrected chi connectivity index (χ2v) is 4.52. The van der Waals surface area contributed by atoms with Crippen LogP contribution in [0.4, 0.5) is 0 Å². The molecular formula is C13H15N3O2. The van der Waals surface area contributed by atoms with E-state index in [1.54, 1.807) is 11.1 Å². The van der Waals surface area contributed by atoms with Gasteiger partial charge in [-0.3, -0.25) is 4.79 Å². The van der Waals surface area contributed by atoms with Gasteiger partial charge in [-0.15, -0.1) is 0 Å². The maximum atomic E-state index is 12.3. The van der Waals surface area contributed by atoms with Gasteiger partial charge < -0.3 is 14.0 Å². The average molecular weight is 245 g/mol. The Labute approximate surface area is 105 Å². The lowest BCUT2D eigenvalue weighted by atomic mass is 10.3. The van der Waals surface area contributed by atoms with Gasteiger partial charge in [0.15, 0.2) is 0 Å². The lowest BCUT2D eigenvalue weighted by molar-refractivity contribution is -0.0126. The summed E-state index contributed by atoms with van der Waals surface area (Å²) >= 11 is 0. The van der Waals surface area contributed by atoms with Crippen LogP contribution in [-0.4, -0.2) is 46.0 Å². The number of nitrogens with zero attached hydrogens (tertiary/aromatic N) is 3. The monoisotopic (exact) mass is 245 g/mol. The van der Waals surface area contributed by atoms with Crippen molar-refractivity contribution in [2.75, 3.05) is 19.7 Å². The predicted octanol–water partition coefficient (Wildman–Crippen LogP) is 1.20. The maximum absolute atomic E-state index is 12.3. The summed E-state index contributed by atoms with van der Waals surface area (Å²) in [5.74, 6) is -0.0196. The van der Waals surface area contributed by atoms with Crippen molar-refractivity contribution in [1.29, 1.82) is 0 Å². The van der Waals surface area contributed by atoms with Gasteiger partial charge in [-0.05, 0) is 19.1 Å². The first kappa shape index (κ1) is 11.2. The predicted molar refractivity (Wildman–Crippen MR) is 66.5 cm³/mol. The summed E-state index contributed by atoms with van der Waals surface area (Å²) in [6, 6.07) is 5.71. The Bertz CT molecular complexity index is 545. The van der Waals surface area contributed by atoms with Crippen molar-refractivity contribution in [3.05, 3.63) is 36.3 Å². The average Bonchev–Trinajstić information content (AvgIpc) is 2.81. The second kappa shape index (κ2) is 4.42. The van der Waals surface area contributed by atoms with Crippen LogP contribution in [0.2, 0.25) is 0 Å². The number of fused-ring (bicyclic) bond motifs is 1. The number of pyridine rings is 1. The van der Waals surface area contributed by atoms with Crippen LogP contribution in [0.25, 0.3) is 5.65 Å². The number of morpholine rings is 1. The molecule has 2 aromatic heterocycles. The summed E-state index contributed by atoms with van der Waals surface area (Å²) < 4.78 is 7.29. The number of hydrogen-bond acceptors (Lipinski definition) is 3. The van der Waals surface area contributed by atoms with Crippen LogP contribution in [0.3, 0.4) is 0 Å². The van der Waals surface area contributed by atoms with Gasteiger partial charge in [0.05, 0.1) is 12.7 Å². The fourth-order valence-electron chi connectivity index (χ4n) is 2.20. The van der Waals surface area contributed by atoms with Crippen molar-refractivity contribution in [3.63, 3.8) is 0 Å². The van der Waals surface area contributed by atoms with Crippen molar-refractivity contribution >= 4 is 11.6 Å². The highest BCUT2D eigenvalue weighted by molar-refractivity contribution is 5.93. The minimum absolute atomic E-state index is 0.0196. The van der Waals surface area contributed by atoms with Gasteiger partial charge in [0.25, 0.3) is 5.91 Å². The molecule has 5 nitrogen and oxygen atoms in total. The first-order chi connectivity index (χ1) is 8.74. The Balaban J connectivity index is 1.87. The van der Waals surface area contributed by atoms with Crippen molar-refractivity contribution in [2.45, 2.75) is 13.0 Å². The lowest BCUT2D eigenvalue weighted by Crippen LogP contribution is -2.44. The zero-order valence-corrected chi connectivity index (χ0v) is 10.2. The molecule has 1 aliphatic heterocycles. The Morgan fingerprint density at radius 2 is 2.39 bits per heavy atom. The van der Waals surface area contributed by atoms with Crippen LogP contribution < -0.4 is 0 Å². The number of carbonyl (C=O) groups excluding carboxylic acids is 1.